The van der Waals surface area contributed by atoms with Crippen LogP contribution in [0.15, 0.2) is 126 Å². The Hall–Kier alpha value is -5.96. The molecule has 6 rings (SSSR count). The van der Waals surface area contributed by atoms with Crippen LogP contribution in [0.1, 0.15) is 58.3 Å². The molecule has 0 spiro atoms. The van der Waals surface area contributed by atoms with Gasteiger partial charge in [0.2, 0.25) is 5.89 Å². The lowest BCUT2D eigenvalue weighted by atomic mass is 9.88. The van der Waals surface area contributed by atoms with Crippen molar-refractivity contribution in [2.24, 2.45) is 11.8 Å². The Bertz CT molecular complexity index is 1920. The minimum Gasteiger partial charge on any atom is -0.493 e. The molecule has 51 heavy (non-hydrogen) atoms. The van der Waals surface area contributed by atoms with Crippen LogP contribution in [-0.4, -0.2) is 34.4 Å². The predicted molar refractivity (Wildman–Crippen MR) is 194 cm³/mol. The molecule has 2 atom stereocenters. The summed E-state index contributed by atoms with van der Waals surface area (Å²) < 4.78 is 11.8. The van der Waals surface area contributed by atoms with Crippen LogP contribution in [0.3, 0.4) is 0 Å². The fourth-order valence-corrected chi connectivity index (χ4v) is 5.79. The minimum atomic E-state index is -0.898. The Kier molecular flexibility index (Phi) is 12.6. The number of aromatic nitrogens is 1. The van der Waals surface area contributed by atoms with Crippen molar-refractivity contribution in [2.75, 3.05) is 6.61 Å². The van der Waals surface area contributed by atoms with Crippen LogP contribution in [-0.2, 0) is 33.7 Å². The van der Waals surface area contributed by atoms with Crippen LogP contribution in [0.25, 0.3) is 11.5 Å². The summed E-state index contributed by atoms with van der Waals surface area (Å²) >= 11 is 0. The first-order valence-corrected chi connectivity index (χ1v) is 17.0. The monoisotopic (exact) mass is 686 g/mol. The van der Waals surface area contributed by atoms with Crippen molar-refractivity contribution in [2.45, 2.75) is 46.0 Å². The highest BCUT2D eigenvalue weighted by Crippen LogP contribution is 2.24. The number of nitrogens with zero attached hydrogens (tertiary/aromatic N) is 1. The number of carboxylic acid groups (broad SMARTS) is 1. The lowest BCUT2D eigenvalue weighted by molar-refractivity contribution is -0.146. The average molecular weight is 687 g/mol. The number of carboxylic acids is 1. The maximum Gasteiger partial charge on any atom is 0.341 e. The zero-order valence-corrected chi connectivity index (χ0v) is 28.8. The summed E-state index contributed by atoms with van der Waals surface area (Å²) in [4.78, 5) is 45.3. The van der Waals surface area contributed by atoms with Crippen molar-refractivity contribution in [3.8, 4) is 17.2 Å². The van der Waals surface area contributed by atoms with Gasteiger partial charge in [0, 0.05) is 23.1 Å². The van der Waals surface area contributed by atoms with Crippen LogP contribution >= 0.6 is 0 Å². The fraction of sp³-hybridized carbons (Fsp3) is 0.238. The van der Waals surface area contributed by atoms with Gasteiger partial charge in [0.25, 0.3) is 0 Å². The third kappa shape index (κ3) is 9.82. The predicted octanol–water partition coefficient (Wildman–Crippen LogP) is 7.97. The second-order valence-corrected chi connectivity index (χ2v) is 12.3. The number of aliphatic carboxylic acids is 1. The number of ether oxygens (including phenoxy) is 1. The molecule has 262 valence electrons. The molecule has 0 bridgehead atoms. The van der Waals surface area contributed by atoms with Crippen LogP contribution in [0, 0.1) is 18.8 Å². The smallest absolute Gasteiger partial charge is 0.341 e. The number of carbonyl (C=O) groups is 3. The van der Waals surface area contributed by atoms with Gasteiger partial charge in [-0.3, -0.25) is 9.59 Å². The van der Waals surface area contributed by atoms with E-state index in [4.69, 9.17) is 9.15 Å². The number of hydroxylamine groups is 1. The fourth-order valence-electron chi connectivity index (χ4n) is 5.79. The summed E-state index contributed by atoms with van der Waals surface area (Å²) in [5.41, 5.74) is 7.67. The van der Waals surface area contributed by atoms with Crippen LogP contribution in [0.5, 0.6) is 5.75 Å². The molecule has 9 nitrogen and oxygen atoms in total. The summed E-state index contributed by atoms with van der Waals surface area (Å²) in [6, 6.07) is 33.6. The van der Waals surface area contributed by atoms with Crippen molar-refractivity contribution in [1.82, 2.24) is 10.5 Å². The van der Waals surface area contributed by atoms with Crippen LogP contribution in [0.2, 0.25) is 0 Å². The first-order valence-electron chi connectivity index (χ1n) is 17.0. The number of benzene rings is 4. The third-order valence-corrected chi connectivity index (χ3v) is 8.61. The second-order valence-electron chi connectivity index (χ2n) is 12.3. The van der Waals surface area contributed by atoms with Gasteiger partial charge >= 0.3 is 11.9 Å². The molecule has 1 fully saturated rings. The SMILES string of the molecule is C=C1NOC(=O)C1CCC.Cc1oc(-c2ccccc2)nc1CCOc1ccc(C[C@H](Cc2ccccc2C(=O)c2ccccc2)C(=O)O)cc1. The highest BCUT2D eigenvalue weighted by atomic mass is 16.7. The molecular weight excluding hydrogens is 644 g/mol. The van der Waals surface area contributed by atoms with Gasteiger partial charge in [-0.05, 0) is 61.6 Å². The average Bonchev–Trinajstić information content (AvgIpc) is 3.69. The lowest BCUT2D eigenvalue weighted by Gasteiger charge is -2.16. The summed E-state index contributed by atoms with van der Waals surface area (Å²) in [5.74, 6) is 0.0623. The van der Waals surface area contributed by atoms with Crippen molar-refractivity contribution in [1.29, 1.82) is 0 Å². The normalized spacial score (nSPS) is 14.1. The van der Waals surface area contributed by atoms with E-state index in [1.165, 1.54) is 0 Å². The molecule has 2 N–H and O–H groups in total. The van der Waals surface area contributed by atoms with E-state index in [-0.39, 0.29) is 24.1 Å². The van der Waals surface area contributed by atoms with Gasteiger partial charge in [0.05, 0.1) is 23.9 Å². The molecule has 5 aromatic rings. The van der Waals surface area contributed by atoms with E-state index >= 15 is 0 Å². The Labute approximate surface area is 297 Å². The summed E-state index contributed by atoms with van der Waals surface area (Å²) in [6.45, 7) is 8.01. The van der Waals surface area contributed by atoms with Crippen LogP contribution < -0.4 is 10.2 Å². The first-order chi connectivity index (χ1) is 24.7. The molecule has 1 saturated heterocycles. The van der Waals surface area contributed by atoms with Gasteiger partial charge in [-0.25, -0.2) is 15.3 Å². The van der Waals surface area contributed by atoms with Crippen molar-refractivity contribution >= 4 is 17.7 Å². The number of oxazole rings is 1. The molecule has 0 radical (unpaired) electrons. The molecule has 2 heterocycles. The molecule has 9 heteroatoms. The largest absolute Gasteiger partial charge is 0.493 e. The zero-order valence-electron chi connectivity index (χ0n) is 28.8. The molecule has 1 aliphatic heterocycles. The van der Waals surface area contributed by atoms with E-state index in [1.54, 1.807) is 24.3 Å². The topological polar surface area (TPSA) is 128 Å². The molecule has 4 aromatic carbocycles. The maximum absolute atomic E-state index is 13.1. The maximum atomic E-state index is 13.1. The molecular formula is C42H42N2O7. The quantitative estimate of drug-likeness (QED) is 0.112. The van der Waals surface area contributed by atoms with E-state index in [2.05, 4.69) is 21.9 Å². The third-order valence-electron chi connectivity index (χ3n) is 8.61. The van der Waals surface area contributed by atoms with E-state index in [0.29, 0.717) is 47.9 Å². The highest BCUT2D eigenvalue weighted by Gasteiger charge is 2.29. The number of aryl methyl sites for hydroxylation is 1. The Morgan fingerprint density at radius 2 is 1.59 bits per heavy atom. The summed E-state index contributed by atoms with van der Waals surface area (Å²) in [6.07, 6.45) is 2.99. The lowest BCUT2D eigenvalue weighted by Crippen LogP contribution is -2.20. The second kappa shape index (κ2) is 17.6. The van der Waals surface area contributed by atoms with Crippen LogP contribution in [0.4, 0.5) is 0 Å². The van der Waals surface area contributed by atoms with Gasteiger partial charge in [-0.2, -0.15) is 0 Å². The Morgan fingerprint density at radius 1 is 0.922 bits per heavy atom. The van der Waals surface area contributed by atoms with E-state index in [0.717, 1.165) is 41.0 Å². The van der Waals surface area contributed by atoms with E-state index in [1.807, 2.05) is 98.8 Å². The molecule has 0 aliphatic carbocycles. The number of rotatable bonds is 14. The first kappa shape index (κ1) is 36.3. The van der Waals surface area contributed by atoms with E-state index < -0.39 is 11.9 Å². The van der Waals surface area contributed by atoms with Crippen molar-refractivity contribution in [3.63, 3.8) is 0 Å². The standard InChI is InChI=1S/C35H31NO5.C7H11NO2/c1-24-32(36-34(41-24)27-12-6-3-7-13-27)20-21-40-30-18-16-25(17-19-30)22-29(35(38)39)23-28-14-8-9-15-31(28)33(37)26-10-4-2-5-11-26;1-3-4-6-5(2)8-10-7(6)9/h2-19,29H,20-23H2,1H3,(H,38,39);6,8H,2-4H2,1H3/t29-;/m1./s1. The number of hydrogen-bond donors (Lipinski definition) is 2. The Morgan fingerprint density at radius 3 is 2.24 bits per heavy atom. The number of hydrogen-bond acceptors (Lipinski definition) is 8. The van der Waals surface area contributed by atoms with Gasteiger partial charge in [0.1, 0.15) is 17.4 Å². The number of carbonyl (C=O) groups excluding carboxylic acids is 2. The van der Waals surface area contributed by atoms with Gasteiger partial charge < -0.3 is 19.1 Å². The molecule has 0 amide bonds. The van der Waals surface area contributed by atoms with Gasteiger partial charge in [-0.15, -0.1) is 0 Å². The summed E-state index contributed by atoms with van der Waals surface area (Å²) in [5, 5.41) is 10.00. The molecule has 0 saturated carbocycles. The van der Waals surface area contributed by atoms with Crippen molar-refractivity contribution in [3.05, 3.63) is 155 Å². The van der Waals surface area contributed by atoms with Gasteiger partial charge in [0.15, 0.2) is 5.78 Å². The van der Waals surface area contributed by atoms with Gasteiger partial charge in [-0.1, -0.05) is 105 Å². The molecule has 1 aromatic heterocycles. The number of ketones is 1. The Balaban J connectivity index is 0.000000435. The number of nitrogens with one attached hydrogen (secondary N) is 1. The minimum absolute atomic E-state index is 0.107. The molecule has 1 unspecified atom stereocenters. The highest BCUT2D eigenvalue weighted by molar-refractivity contribution is 6.09. The van der Waals surface area contributed by atoms with Crippen molar-refractivity contribution < 1.29 is 33.5 Å². The zero-order chi connectivity index (χ0) is 36.2. The van der Waals surface area contributed by atoms with E-state index in [9.17, 15) is 19.5 Å². The summed E-state index contributed by atoms with van der Waals surface area (Å²) in [7, 11) is 0. The molecule has 1 aliphatic rings.